The number of anilines is 3. The van der Waals surface area contributed by atoms with Crippen LogP contribution in [0.2, 0.25) is 0 Å². The average Bonchev–Trinajstić information content (AvgIpc) is 3.53. The van der Waals surface area contributed by atoms with Crippen LogP contribution in [0.4, 0.5) is 30.6 Å². The molecule has 0 saturated heterocycles. The van der Waals surface area contributed by atoms with Crippen LogP contribution in [0.5, 0.6) is 0 Å². The van der Waals surface area contributed by atoms with E-state index < -0.39 is 11.7 Å². The van der Waals surface area contributed by atoms with E-state index in [2.05, 4.69) is 30.9 Å². The average molecular weight is 435 g/mol. The van der Waals surface area contributed by atoms with E-state index in [1.807, 2.05) is 0 Å². The van der Waals surface area contributed by atoms with Gasteiger partial charge in [0.05, 0.1) is 11.9 Å². The van der Waals surface area contributed by atoms with E-state index in [1.54, 1.807) is 6.07 Å². The van der Waals surface area contributed by atoms with Crippen molar-refractivity contribution in [3.8, 4) is 0 Å². The number of nitrogens with zero attached hydrogens (tertiary/aromatic N) is 3. The minimum Gasteiger partial charge on any atom is -0.367 e. The summed E-state index contributed by atoms with van der Waals surface area (Å²) in [6.07, 6.45) is 2.41. The highest BCUT2D eigenvalue weighted by molar-refractivity contribution is 5.92. The molecule has 166 valence electrons. The second-order valence-corrected chi connectivity index (χ2v) is 8.01. The van der Waals surface area contributed by atoms with Gasteiger partial charge < -0.3 is 21.7 Å². The fraction of sp³-hybridized carbons (Fsp3) is 0.500. The van der Waals surface area contributed by atoms with Crippen molar-refractivity contribution in [1.82, 2.24) is 20.3 Å². The highest BCUT2D eigenvalue weighted by Crippen LogP contribution is 2.35. The van der Waals surface area contributed by atoms with Gasteiger partial charge in [0.15, 0.2) is 0 Å². The van der Waals surface area contributed by atoms with Crippen molar-refractivity contribution in [2.45, 2.75) is 62.8 Å². The van der Waals surface area contributed by atoms with Gasteiger partial charge in [-0.15, -0.1) is 0 Å². The van der Waals surface area contributed by atoms with Gasteiger partial charge >= 0.3 is 6.18 Å². The van der Waals surface area contributed by atoms with E-state index in [0.29, 0.717) is 18.5 Å². The number of rotatable bonds is 6. The Morgan fingerprint density at radius 2 is 1.71 bits per heavy atom. The molecule has 0 bridgehead atoms. The lowest BCUT2D eigenvalue weighted by atomic mass is 9.92. The summed E-state index contributed by atoms with van der Waals surface area (Å²) in [6.45, 7) is 0. The maximum atomic E-state index is 13.4. The van der Waals surface area contributed by atoms with Crippen LogP contribution in [0, 0.1) is 0 Å². The molecule has 11 heteroatoms. The van der Waals surface area contributed by atoms with Gasteiger partial charge in [0.1, 0.15) is 17.1 Å². The van der Waals surface area contributed by atoms with E-state index >= 15 is 0 Å². The zero-order valence-corrected chi connectivity index (χ0v) is 16.7. The van der Waals surface area contributed by atoms with Crippen LogP contribution in [0.3, 0.4) is 0 Å². The molecule has 0 spiro atoms. The second kappa shape index (κ2) is 8.66. The third-order valence-corrected chi connectivity index (χ3v) is 5.37. The molecule has 2 aromatic heterocycles. The number of halogens is 3. The standard InChI is InChI=1S/C20H24F3N7O/c21-20(22,23)15-10-26-19(30-17(15)27-12-3-1-11(24)2-4-12)29-14-7-8-16(25-9-14)18(31)28-13-5-6-13/h7-13H,1-6,24H2,(H,28,31)(H2,26,27,29,30). The molecule has 2 fully saturated rings. The number of alkyl halides is 3. The van der Waals surface area contributed by atoms with Crippen LogP contribution in [-0.4, -0.2) is 39.0 Å². The molecule has 2 aliphatic rings. The van der Waals surface area contributed by atoms with Gasteiger partial charge in [-0.25, -0.2) is 9.97 Å². The fourth-order valence-electron chi connectivity index (χ4n) is 3.43. The van der Waals surface area contributed by atoms with Crippen LogP contribution in [-0.2, 0) is 6.18 Å². The minimum atomic E-state index is -4.58. The van der Waals surface area contributed by atoms with Crippen LogP contribution < -0.4 is 21.7 Å². The summed E-state index contributed by atoms with van der Waals surface area (Å²) >= 11 is 0. The lowest BCUT2D eigenvalue weighted by Crippen LogP contribution is -2.33. The number of hydrogen-bond donors (Lipinski definition) is 4. The Morgan fingerprint density at radius 3 is 2.32 bits per heavy atom. The third kappa shape index (κ3) is 5.60. The Bertz CT molecular complexity index is 923. The normalized spacial score (nSPS) is 21.4. The lowest BCUT2D eigenvalue weighted by Gasteiger charge is -2.28. The number of nitrogens with two attached hydrogens (primary N) is 1. The zero-order chi connectivity index (χ0) is 22.0. The molecule has 0 aromatic carbocycles. The number of carbonyl (C=O) groups excluding carboxylic acids is 1. The number of pyridine rings is 1. The number of nitrogens with one attached hydrogen (secondary N) is 3. The van der Waals surface area contributed by atoms with Crippen molar-refractivity contribution in [3.63, 3.8) is 0 Å². The van der Waals surface area contributed by atoms with Gasteiger partial charge in [-0.1, -0.05) is 0 Å². The summed E-state index contributed by atoms with van der Waals surface area (Å²) in [4.78, 5) is 24.0. The third-order valence-electron chi connectivity index (χ3n) is 5.37. The Kier molecular flexibility index (Phi) is 5.94. The zero-order valence-electron chi connectivity index (χ0n) is 16.7. The second-order valence-electron chi connectivity index (χ2n) is 8.01. The van der Waals surface area contributed by atoms with Crippen LogP contribution in [0.15, 0.2) is 24.5 Å². The molecule has 5 N–H and O–H groups in total. The largest absolute Gasteiger partial charge is 0.421 e. The summed E-state index contributed by atoms with van der Waals surface area (Å²) in [5.41, 5.74) is 5.69. The Hall–Kier alpha value is -2.95. The molecule has 0 unspecified atom stereocenters. The van der Waals surface area contributed by atoms with Crippen molar-refractivity contribution in [2.75, 3.05) is 10.6 Å². The molecular formula is C20H24F3N7O. The van der Waals surface area contributed by atoms with E-state index in [9.17, 15) is 18.0 Å². The quantitative estimate of drug-likeness (QED) is 0.550. The summed E-state index contributed by atoms with van der Waals surface area (Å²) < 4.78 is 40.3. The first-order valence-corrected chi connectivity index (χ1v) is 10.3. The number of hydrogen-bond acceptors (Lipinski definition) is 7. The van der Waals surface area contributed by atoms with E-state index in [-0.39, 0.29) is 41.5 Å². The Morgan fingerprint density at radius 1 is 1.00 bits per heavy atom. The lowest BCUT2D eigenvalue weighted by molar-refractivity contribution is -0.137. The van der Waals surface area contributed by atoms with Gasteiger partial charge in [-0.05, 0) is 50.7 Å². The first-order chi connectivity index (χ1) is 14.8. The molecule has 0 radical (unpaired) electrons. The predicted molar refractivity (Wildman–Crippen MR) is 109 cm³/mol. The van der Waals surface area contributed by atoms with E-state index in [4.69, 9.17) is 5.73 Å². The number of amides is 1. The first kappa shape index (κ1) is 21.3. The van der Waals surface area contributed by atoms with E-state index in [1.165, 1.54) is 12.3 Å². The molecule has 2 aromatic rings. The smallest absolute Gasteiger partial charge is 0.367 e. The SMILES string of the molecule is NC1CCC(Nc2nc(Nc3ccc(C(=O)NC4CC4)nc3)ncc2C(F)(F)F)CC1. The van der Waals surface area contributed by atoms with Gasteiger partial charge in [0, 0.05) is 24.3 Å². The Balaban J connectivity index is 1.48. The Labute approximate surface area is 177 Å². The maximum absolute atomic E-state index is 13.4. The van der Waals surface area contributed by atoms with Crippen molar-refractivity contribution >= 4 is 23.4 Å². The van der Waals surface area contributed by atoms with Crippen LogP contribution >= 0.6 is 0 Å². The molecule has 0 atom stereocenters. The van der Waals surface area contributed by atoms with Crippen molar-refractivity contribution in [3.05, 3.63) is 35.8 Å². The van der Waals surface area contributed by atoms with Gasteiger partial charge in [-0.2, -0.15) is 18.2 Å². The maximum Gasteiger partial charge on any atom is 0.421 e. The summed E-state index contributed by atoms with van der Waals surface area (Å²) in [5.74, 6) is -0.516. The molecule has 2 saturated carbocycles. The molecule has 2 heterocycles. The van der Waals surface area contributed by atoms with Gasteiger partial charge in [0.2, 0.25) is 5.95 Å². The van der Waals surface area contributed by atoms with Crippen LogP contribution in [0.25, 0.3) is 0 Å². The predicted octanol–water partition coefficient (Wildman–Crippen LogP) is 3.21. The molecular weight excluding hydrogens is 411 g/mol. The number of aromatic nitrogens is 3. The van der Waals surface area contributed by atoms with Crippen molar-refractivity contribution < 1.29 is 18.0 Å². The van der Waals surface area contributed by atoms with Gasteiger partial charge in [0.25, 0.3) is 5.91 Å². The topological polar surface area (TPSA) is 118 Å². The molecule has 1 amide bonds. The molecule has 2 aliphatic carbocycles. The fourth-order valence-corrected chi connectivity index (χ4v) is 3.43. The molecule has 31 heavy (non-hydrogen) atoms. The van der Waals surface area contributed by atoms with E-state index in [0.717, 1.165) is 31.9 Å². The van der Waals surface area contributed by atoms with Crippen LogP contribution in [0.1, 0.15) is 54.6 Å². The number of carbonyl (C=O) groups is 1. The molecule has 0 aliphatic heterocycles. The van der Waals surface area contributed by atoms with Crippen molar-refractivity contribution in [1.29, 1.82) is 0 Å². The molecule has 8 nitrogen and oxygen atoms in total. The van der Waals surface area contributed by atoms with Crippen molar-refractivity contribution in [2.24, 2.45) is 5.73 Å². The summed E-state index contributed by atoms with van der Waals surface area (Å²) in [7, 11) is 0. The highest BCUT2D eigenvalue weighted by Gasteiger charge is 2.36. The first-order valence-electron chi connectivity index (χ1n) is 10.3. The highest BCUT2D eigenvalue weighted by atomic mass is 19.4. The monoisotopic (exact) mass is 435 g/mol. The minimum absolute atomic E-state index is 0.00000669. The molecule has 4 rings (SSSR count). The summed E-state index contributed by atoms with van der Waals surface area (Å²) in [6, 6.07) is 3.32. The van der Waals surface area contributed by atoms with Gasteiger partial charge in [-0.3, -0.25) is 4.79 Å². The summed E-state index contributed by atoms with van der Waals surface area (Å²) in [5, 5.41) is 8.60.